The van der Waals surface area contributed by atoms with Gasteiger partial charge in [-0.3, -0.25) is 15.0 Å². The average molecular weight is 221 g/mol. The molecule has 2 rings (SSSR count). The first kappa shape index (κ1) is 10.9. The summed E-state index contributed by atoms with van der Waals surface area (Å²) in [6, 6.07) is 5.37. The van der Waals surface area contributed by atoms with Gasteiger partial charge in [0.25, 0.3) is 5.69 Å². The monoisotopic (exact) mass is 221 g/mol. The third kappa shape index (κ3) is 2.14. The van der Waals surface area contributed by atoms with E-state index in [-0.39, 0.29) is 10.6 Å². The van der Waals surface area contributed by atoms with Gasteiger partial charge >= 0.3 is 0 Å². The minimum absolute atomic E-state index is 0.153. The molecule has 0 saturated carbocycles. The first-order chi connectivity index (χ1) is 7.70. The second-order valence-electron chi connectivity index (χ2n) is 3.99. The van der Waals surface area contributed by atoms with Crippen molar-refractivity contribution in [1.29, 1.82) is 0 Å². The largest absolute Gasteiger partial charge is 0.383 e. The quantitative estimate of drug-likeness (QED) is 0.622. The number of hydrogen-bond donors (Lipinski definition) is 1. The van der Waals surface area contributed by atoms with Gasteiger partial charge in [-0.2, -0.15) is 0 Å². The van der Waals surface area contributed by atoms with Gasteiger partial charge in [0, 0.05) is 19.7 Å². The lowest BCUT2D eigenvalue weighted by atomic mass is 10.1. The van der Waals surface area contributed by atoms with Crippen LogP contribution in [0.25, 0.3) is 0 Å². The molecule has 0 unspecified atom stereocenters. The Morgan fingerprint density at radius 3 is 2.75 bits per heavy atom. The fraction of sp³-hybridized carbons (Fsp3) is 0.455. The van der Waals surface area contributed by atoms with Crippen LogP contribution in [0.5, 0.6) is 0 Å². The van der Waals surface area contributed by atoms with Gasteiger partial charge in [-0.15, -0.1) is 0 Å². The Kier molecular flexibility index (Phi) is 3.05. The number of anilines is 1. The molecule has 1 N–H and O–H groups in total. The van der Waals surface area contributed by atoms with Gasteiger partial charge < -0.3 is 5.32 Å². The Labute approximate surface area is 94.2 Å². The maximum atomic E-state index is 10.9. The molecule has 0 spiro atoms. The van der Waals surface area contributed by atoms with Gasteiger partial charge in [0.15, 0.2) is 0 Å². The Morgan fingerprint density at radius 1 is 1.50 bits per heavy atom. The van der Waals surface area contributed by atoms with Gasteiger partial charge in [0.05, 0.1) is 4.92 Å². The number of nitro benzene ring substituents is 1. The second kappa shape index (κ2) is 4.49. The molecule has 5 nitrogen and oxygen atoms in total. The molecule has 1 aliphatic heterocycles. The normalized spacial score (nSPS) is 15.6. The summed E-state index contributed by atoms with van der Waals surface area (Å²) >= 11 is 0. The fourth-order valence-corrected chi connectivity index (χ4v) is 1.84. The SMILES string of the molecule is CNc1ccc(CN2CCC2)cc1[N+](=O)[O-]. The number of nitro groups is 1. The van der Waals surface area contributed by atoms with Crippen molar-refractivity contribution in [2.75, 3.05) is 25.5 Å². The summed E-state index contributed by atoms with van der Waals surface area (Å²) in [5.41, 5.74) is 1.73. The van der Waals surface area contributed by atoms with Crippen molar-refractivity contribution in [3.63, 3.8) is 0 Å². The predicted molar refractivity (Wildman–Crippen MR) is 62.5 cm³/mol. The van der Waals surface area contributed by atoms with Crippen molar-refractivity contribution in [2.45, 2.75) is 13.0 Å². The van der Waals surface area contributed by atoms with Crippen molar-refractivity contribution in [3.8, 4) is 0 Å². The van der Waals surface area contributed by atoms with Crippen LogP contribution in [0.1, 0.15) is 12.0 Å². The standard InChI is InChI=1S/C11H15N3O2/c1-12-10-4-3-9(7-11(10)14(15)16)8-13-5-2-6-13/h3-4,7,12H,2,5-6,8H2,1H3. The highest BCUT2D eigenvalue weighted by Gasteiger charge is 2.17. The van der Waals surface area contributed by atoms with Crippen LogP contribution in [0.15, 0.2) is 18.2 Å². The number of nitrogens with zero attached hydrogens (tertiary/aromatic N) is 2. The highest BCUT2D eigenvalue weighted by Crippen LogP contribution is 2.26. The maximum Gasteiger partial charge on any atom is 0.292 e. The van der Waals surface area contributed by atoms with E-state index >= 15 is 0 Å². The molecule has 1 aliphatic rings. The van der Waals surface area contributed by atoms with Crippen molar-refractivity contribution < 1.29 is 4.92 Å². The molecule has 1 saturated heterocycles. The summed E-state index contributed by atoms with van der Waals surface area (Å²) in [5.74, 6) is 0. The van der Waals surface area contributed by atoms with Crippen molar-refractivity contribution in [3.05, 3.63) is 33.9 Å². The Balaban J connectivity index is 2.20. The topological polar surface area (TPSA) is 58.4 Å². The lowest BCUT2D eigenvalue weighted by molar-refractivity contribution is -0.384. The van der Waals surface area contributed by atoms with Crippen molar-refractivity contribution >= 4 is 11.4 Å². The van der Waals surface area contributed by atoms with E-state index in [9.17, 15) is 10.1 Å². The predicted octanol–water partition coefficient (Wildman–Crippen LogP) is 1.84. The maximum absolute atomic E-state index is 10.9. The zero-order valence-corrected chi connectivity index (χ0v) is 9.27. The smallest absolute Gasteiger partial charge is 0.292 e. The van der Waals surface area contributed by atoms with Gasteiger partial charge in [0.2, 0.25) is 0 Å². The van der Waals surface area contributed by atoms with E-state index in [4.69, 9.17) is 0 Å². The van der Waals surface area contributed by atoms with Gasteiger partial charge in [-0.25, -0.2) is 0 Å². The number of hydrogen-bond acceptors (Lipinski definition) is 4. The third-order valence-electron chi connectivity index (χ3n) is 2.88. The van der Waals surface area contributed by atoms with Gasteiger partial charge in [-0.05, 0) is 31.1 Å². The molecule has 16 heavy (non-hydrogen) atoms. The number of rotatable bonds is 4. The number of likely N-dealkylation sites (tertiary alicyclic amines) is 1. The van der Waals surface area contributed by atoms with E-state index in [1.54, 1.807) is 19.2 Å². The van der Waals surface area contributed by atoms with E-state index in [1.165, 1.54) is 6.42 Å². The lowest BCUT2D eigenvalue weighted by Gasteiger charge is -2.30. The second-order valence-corrected chi connectivity index (χ2v) is 3.99. The highest BCUT2D eigenvalue weighted by molar-refractivity contribution is 5.62. The summed E-state index contributed by atoms with van der Waals surface area (Å²) in [6.45, 7) is 3.01. The number of benzene rings is 1. The zero-order valence-electron chi connectivity index (χ0n) is 9.27. The van der Waals surface area contributed by atoms with Crippen LogP contribution < -0.4 is 5.32 Å². The molecule has 5 heteroatoms. The Morgan fingerprint density at radius 2 is 2.25 bits per heavy atom. The first-order valence-electron chi connectivity index (χ1n) is 5.38. The molecule has 0 amide bonds. The van der Waals surface area contributed by atoms with Gasteiger partial charge in [0.1, 0.15) is 5.69 Å². The molecule has 0 aliphatic carbocycles. The third-order valence-corrected chi connectivity index (χ3v) is 2.88. The number of nitrogens with one attached hydrogen (secondary N) is 1. The summed E-state index contributed by atoms with van der Waals surface area (Å²) in [6.07, 6.45) is 1.23. The van der Waals surface area contributed by atoms with Crippen LogP contribution in [0.3, 0.4) is 0 Å². The van der Waals surface area contributed by atoms with Crippen LogP contribution in [0.2, 0.25) is 0 Å². The molecule has 86 valence electrons. The minimum atomic E-state index is -0.342. The Hall–Kier alpha value is -1.62. The van der Waals surface area contributed by atoms with E-state index in [0.29, 0.717) is 5.69 Å². The molecule has 1 aromatic rings. The van der Waals surface area contributed by atoms with E-state index in [1.807, 2.05) is 6.07 Å². The van der Waals surface area contributed by atoms with Crippen LogP contribution in [0, 0.1) is 10.1 Å². The molecule has 0 aromatic heterocycles. The van der Waals surface area contributed by atoms with Crippen LogP contribution in [-0.2, 0) is 6.54 Å². The van der Waals surface area contributed by atoms with Crippen molar-refractivity contribution in [2.24, 2.45) is 0 Å². The molecule has 1 fully saturated rings. The molecule has 1 heterocycles. The molecule has 0 atom stereocenters. The van der Waals surface area contributed by atoms with Crippen molar-refractivity contribution in [1.82, 2.24) is 4.90 Å². The summed E-state index contributed by atoms with van der Waals surface area (Å²) < 4.78 is 0. The highest BCUT2D eigenvalue weighted by atomic mass is 16.6. The first-order valence-corrected chi connectivity index (χ1v) is 5.38. The summed E-state index contributed by atoms with van der Waals surface area (Å²) in [5, 5.41) is 13.7. The Bertz CT molecular complexity index is 402. The molecule has 0 bridgehead atoms. The average Bonchev–Trinajstić information content (AvgIpc) is 2.23. The zero-order chi connectivity index (χ0) is 11.5. The van der Waals surface area contributed by atoms with Crippen LogP contribution in [0.4, 0.5) is 11.4 Å². The lowest BCUT2D eigenvalue weighted by Crippen LogP contribution is -2.36. The van der Waals surface area contributed by atoms with E-state index < -0.39 is 0 Å². The van der Waals surface area contributed by atoms with E-state index in [2.05, 4.69) is 10.2 Å². The molecule has 1 aromatic carbocycles. The van der Waals surface area contributed by atoms with Crippen LogP contribution >= 0.6 is 0 Å². The molecule has 0 radical (unpaired) electrons. The van der Waals surface area contributed by atoms with Crippen LogP contribution in [-0.4, -0.2) is 30.0 Å². The minimum Gasteiger partial charge on any atom is -0.383 e. The summed E-state index contributed by atoms with van der Waals surface area (Å²) in [7, 11) is 1.69. The summed E-state index contributed by atoms with van der Waals surface area (Å²) in [4.78, 5) is 12.8. The fourth-order valence-electron chi connectivity index (χ4n) is 1.84. The van der Waals surface area contributed by atoms with E-state index in [0.717, 1.165) is 25.2 Å². The molecular formula is C11H15N3O2. The van der Waals surface area contributed by atoms with Gasteiger partial charge in [-0.1, -0.05) is 6.07 Å². The molecular weight excluding hydrogens is 206 g/mol.